The Labute approximate surface area is 151 Å². The Hall–Kier alpha value is -3.54. The molecular formula is C20H17N5O. The predicted molar refractivity (Wildman–Crippen MR) is 98.6 cm³/mol. The van der Waals surface area contributed by atoms with Gasteiger partial charge in [-0.1, -0.05) is 42.5 Å². The summed E-state index contributed by atoms with van der Waals surface area (Å²) in [5.74, 6) is 2.07. The summed E-state index contributed by atoms with van der Waals surface area (Å²) in [5, 5.41) is 4.71. The van der Waals surface area contributed by atoms with Crippen LogP contribution in [-0.2, 0) is 6.54 Å². The average molecular weight is 343 g/mol. The number of nitrogens with zero attached hydrogens (tertiary/aromatic N) is 5. The highest BCUT2D eigenvalue weighted by Crippen LogP contribution is 2.24. The van der Waals surface area contributed by atoms with Gasteiger partial charge in [-0.25, -0.2) is 14.6 Å². The van der Waals surface area contributed by atoms with Crippen LogP contribution in [0.2, 0.25) is 0 Å². The van der Waals surface area contributed by atoms with E-state index in [0.29, 0.717) is 23.9 Å². The molecular weight excluding hydrogens is 326 g/mol. The van der Waals surface area contributed by atoms with E-state index in [0.717, 1.165) is 16.9 Å². The van der Waals surface area contributed by atoms with Crippen LogP contribution < -0.4 is 4.74 Å². The summed E-state index contributed by atoms with van der Waals surface area (Å²) in [5.41, 5.74) is 2.71. The molecule has 26 heavy (non-hydrogen) atoms. The first-order valence-corrected chi connectivity index (χ1v) is 8.23. The summed E-state index contributed by atoms with van der Waals surface area (Å²) in [4.78, 5) is 13.3. The highest BCUT2D eigenvalue weighted by atomic mass is 16.5. The summed E-state index contributed by atoms with van der Waals surface area (Å²) in [6, 6.07) is 17.8. The predicted octanol–water partition coefficient (Wildman–Crippen LogP) is 3.46. The van der Waals surface area contributed by atoms with Crippen molar-refractivity contribution in [3.63, 3.8) is 0 Å². The summed E-state index contributed by atoms with van der Waals surface area (Å²) >= 11 is 0. The maximum Gasteiger partial charge on any atom is 0.181 e. The second-order valence-electron chi connectivity index (χ2n) is 5.72. The number of hydrogen-bond acceptors (Lipinski definition) is 5. The van der Waals surface area contributed by atoms with Crippen molar-refractivity contribution in [1.29, 1.82) is 0 Å². The number of aromatic nitrogens is 5. The van der Waals surface area contributed by atoms with E-state index in [1.54, 1.807) is 25.7 Å². The van der Waals surface area contributed by atoms with Crippen LogP contribution in [0.1, 0.15) is 5.56 Å². The molecule has 2 aromatic heterocycles. The van der Waals surface area contributed by atoms with Gasteiger partial charge in [-0.2, -0.15) is 5.10 Å². The maximum atomic E-state index is 5.31. The first kappa shape index (κ1) is 16.0. The van der Waals surface area contributed by atoms with Crippen molar-refractivity contribution in [3.05, 3.63) is 78.8 Å². The largest absolute Gasteiger partial charge is 0.497 e. The lowest BCUT2D eigenvalue weighted by Gasteiger charge is -2.05. The first-order chi connectivity index (χ1) is 12.8. The van der Waals surface area contributed by atoms with Crippen molar-refractivity contribution in [2.24, 2.45) is 0 Å². The molecule has 0 aliphatic rings. The Morgan fingerprint density at radius 3 is 2.65 bits per heavy atom. The molecule has 128 valence electrons. The molecule has 0 bridgehead atoms. The topological polar surface area (TPSA) is 65.7 Å². The molecule has 0 aliphatic carbocycles. The van der Waals surface area contributed by atoms with Gasteiger partial charge in [-0.3, -0.25) is 4.98 Å². The zero-order chi connectivity index (χ0) is 17.8. The highest BCUT2D eigenvalue weighted by molar-refractivity contribution is 5.61. The molecule has 0 amide bonds. The van der Waals surface area contributed by atoms with E-state index >= 15 is 0 Å². The van der Waals surface area contributed by atoms with Gasteiger partial charge in [0.1, 0.15) is 11.4 Å². The van der Waals surface area contributed by atoms with Crippen molar-refractivity contribution >= 4 is 0 Å². The lowest BCUT2D eigenvalue weighted by molar-refractivity contribution is 0.415. The smallest absolute Gasteiger partial charge is 0.181 e. The highest BCUT2D eigenvalue weighted by Gasteiger charge is 2.15. The Balaban J connectivity index is 1.79. The van der Waals surface area contributed by atoms with E-state index in [2.05, 4.69) is 22.1 Å². The van der Waals surface area contributed by atoms with Crippen LogP contribution in [0.3, 0.4) is 0 Å². The first-order valence-electron chi connectivity index (χ1n) is 8.23. The fourth-order valence-electron chi connectivity index (χ4n) is 2.70. The number of hydrogen-bond donors (Lipinski definition) is 0. The second kappa shape index (κ2) is 7.14. The molecule has 2 aromatic carbocycles. The Bertz CT molecular complexity index is 999. The minimum atomic E-state index is 0.601. The molecule has 0 radical (unpaired) electrons. The molecule has 0 fully saturated rings. The summed E-state index contributed by atoms with van der Waals surface area (Å²) in [6.07, 6.45) is 4.99. The van der Waals surface area contributed by atoms with Crippen molar-refractivity contribution < 1.29 is 4.74 Å². The molecule has 4 aromatic rings. The van der Waals surface area contributed by atoms with Gasteiger partial charge in [0.15, 0.2) is 11.6 Å². The average Bonchev–Trinajstić information content (AvgIpc) is 3.13. The Morgan fingerprint density at radius 1 is 1.00 bits per heavy atom. The van der Waals surface area contributed by atoms with Crippen molar-refractivity contribution in [1.82, 2.24) is 24.7 Å². The van der Waals surface area contributed by atoms with Crippen LogP contribution in [0.15, 0.2) is 73.2 Å². The van der Waals surface area contributed by atoms with Crippen LogP contribution >= 0.6 is 0 Å². The molecule has 6 heteroatoms. The minimum Gasteiger partial charge on any atom is -0.497 e. The molecule has 0 N–H and O–H groups in total. The Kier molecular flexibility index (Phi) is 4.38. The lowest BCUT2D eigenvalue weighted by atomic mass is 10.2. The van der Waals surface area contributed by atoms with E-state index in [1.807, 2.05) is 47.1 Å². The zero-order valence-corrected chi connectivity index (χ0v) is 14.3. The van der Waals surface area contributed by atoms with Gasteiger partial charge < -0.3 is 4.74 Å². The third kappa shape index (κ3) is 3.30. The van der Waals surface area contributed by atoms with Gasteiger partial charge in [-0.15, -0.1) is 0 Å². The fraction of sp³-hybridized carbons (Fsp3) is 0.100. The quantitative estimate of drug-likeness (QED) is 0.555. The van der Waals surface area contributed by atoms with E-state index < -0.39 is 0 Å². The van der Waals surface area contributed by atoms with Gasteiger partial charge in [0.25, 0.3) is 0 Å². The molecule has 0 atom stereocenters. The molecule has 0 saturated heterocycles. The fourth-order valence-corrected chi connectivity index (χ4v) is 2.70. The van der Waals surface area contributed by atoms with Crippen molar-refractivity contribution in [2.45, 2.75) is 6.54 Å². The van der Waals surface area contributed by atoms with Gasteiger partial charge in [-0.05, 0) is 17.7 Å². The molecule has 6 nitrogen and oxygen atoms in total. The normalized spacial score (nSPS) is 10.7. The van der Waals surface area contributed by atoms with Crippen LogP contribution in [-0.4, -0.2) is 31.8 Å². The van der Waals surface area contributed by atoms with Gasteiger partial charge in [0.05, 0.1) is 19.9 Å². The van der Waals surface area contributed by atoms with E-state index in [9.17, 15) is 0 Å². The van der Waals surface area contributed by atoms with Crippen molar-refractivity contribution in [2.75, 3.05) is 7.11 Å². The third-order valence-corrected chi connectivity index (χ3v) is 3.97. The zero-order valence-electron chi connectivity index (χ0n) is 14.3. The van der Waals surface area contributed by atoms with Crippen molar-refractivity contribution in [3.8, 4) is 28.7 Å². The van der Waals surface area contributed by atoms with E-state index in [1.165, 1.54) is 0 Å². The number of benzene rings is 2. The maximum absolute atomic E-state index is 5.31. The third-order valence-electron chi connectivity index (χ3n) is 3.97. The monoisotopic (exact) mass is 343 g/mol. The molecule has 4 rings (SSSR count). The van der Waals surface area contributed by atoms with Crippen LogP contribution in [0, 0.1) is 0 Å². The summed E-state index contributed by atoms with van der Waals surface area (Å²) in [7, 11) is 1.64. The van der Waals surface area contributed by atoms with Crippen LogP contribution in [0.4, 0.5) is 0 Å². The number of rotatable bonds is 5. The molecule has 2 heterocycles. The standard InChI is InChI=1S/C20H17N5O/c1-26-17-9-5-8-16(12-17)19-23-20(18-13-21-10-11-22-18)25(24-19)14-15-6-3-2-4-7-15/h2-13H,14H2,1H3. The molecule has 0 aliphatic heterocycles. The molecule has 0 spiro atoms. The van der Waals surface area contributed by atoms with Gasteiger partial charge in [0.2, 0.25) is 0 Å². The number of methoxy groups -OCH3 is 1. The van der Waals surface area contributed by atoms with Gasteiger partial charge >= 0.3 is 0 Å². The minimum absolute atomic E-state index is 0.601. The summed E-state index contributed by atoms with van der Waals surface area (Å²) < 4.78 is 7.16. The summed E-state index contributed by atoms with van der Waals surface area (Å²) in [6.45, 7) is 0.601. The second-order valence-corrected chi connectivity index (χ2v) is 5.72. The van der Waals surface area contributed by atoms with Gasteiger partial charge in [0, 0.05) is 18.0 Å². The Morgan fingerprint density at radius 2 is 1.88 bits per heavy atom. The van der Waals surface area contributed by atoms with Crippen LogP contribution in [0.25, 0.3) is 22.9 Å². The molecule has 0 saturated carbocycles. The SMILES string of the molecule is COc1cccc(-c2nc(-c3cnccn3)n(Cc3ccccc3)n2)c1. The van der Waals surface area contributed by atoms with E-state index in [4.69, 9.17) is 14.8 Å². The molecule has 0 unspecified atom stereocenters. The number of ether oxygens (including phenoxy) is 1. The van der Waals surface area contributed by atoms with E-state index in [-0.39, 0.29) is 0 Å². The van der Waals surface area contributed by atoms with Crippen LogP contribution in [0.5, 0.6) is 5.75 Å². The lowest BCUT2D eigenvalue weighted by Crippen LogP contribution is -2.05.